The molecule has 0 aromatic heterocycles. The summed E-state index contributed by atoms with van der Waals surface area (Å²) in [4.78, 5) is 12.0. The van der Waals surface area contributed by atoms with Gasteiger partial charge in [-0.2, -0.15) is 5.10 Å². The minimum Gasteiger partial charge on any atom is -0.376 e. The van der Waals surface area contributed by atoms with E-state index in [1.807, 2.05) is 61.5 Å². The first-order valence-electron chi connectivity index (χ1n) is 7.79. The van der Waals surface area contributed by atoms with Crippen molar-refractivity contribution >= 4 is 17.3 Å². The summed E-state index contributed by atoms with van der Waals surface area (Å²) in [5.74, 6) is 0.0596. The second-order valence-corrected chi connectivity index (χ2v) is 5.72. The zero-order chi connectivity index (χ0) is 16.7. The number of nitrogens with one attached hydrogen (secondary N) is 2. The third-order valence-corrected chi connectivity index (χ3v) is 3.50. The van der Waals surface area contributed by atoms with Crippen LogP contribution in [0.2, 0.25) is 0 Å². The lowest BCUT2D eigenvalue weighted by Crippen LogP contribution is -2.28. The second kappa shape index (κ2) is 8.13. The van der Waals surface area contributed by atoms with Gasteiger partial charge in [0.15, 0.2) is 0 Å². The highest BCUT2D eigenvalue weighted by molar-refractivity contribution is 6.02. The molecule has 0 aliphatic heterocycles. The SMILES string of the molecule is Cc1ccccc1NCC(=O)NN=C(c1ccccc1)C(C)C. The van der Waals surface area contributed by atoms with Crippen LogP contribution in [0.1, 0.15) is 25.0 Å². The van der Waals surface area contributed by atoms with Crippen molar-refractivity contribution in [2.45, 2.75) is 20.8 Å². The first-order chi connectivity index (χ1) is 11.1. The van der Waals surface area contributed by atoms with Crippen LogP contribution in [-0.2, 0) is 4.79 Å². The van der Waals surface area contributed by atoms with Crippen LogP contribution in [0, 0.1) is 12.8 Å². The highest BCUT2D eigenvalue weighted by Crippen LogP contribution is 2.12. The van der Waals surface area contributed by atoms with E-state index >= 15 is 0 Å². The maximum absolute atomic E-state index is 12.0. The Labute approximate surface area is 137 Å². The van der Waals surface area contributed by atoms with Gasteiger partial charge in [-0.25, -0.2) is 5.43 Å². The van der Waals surface area contributed by atoms with Gasteiger partial charge in [0.2, 0.25) is 0 Å². The Morgan fingerprint density at radius 3 is 2.35 bits per heavy atom. The lowest BCUT2D eigenvalue weighted by atomic mass is 10.0. The van der Waals surface area contributed by atoms with Gasteiger partial charge in [-0.3, -0.25) is 4.79 Å². The van der Waals surface area contributed by atoms with Gasteiger partial charge in [-0.05, 0) is 30.0 Å². The minimum absolute atomic E-state index is 0.165. The molecule has 0 unspecified atom stereocenters. The molecule has 4 heteroatoms. The molecule has 0 radical (unpaired) electrons. The van der Waals surface area contributed by atoms with Crippen LogP contribution < -0.4 is 10.7 Å². The normalized spacial score (nSPS) is 11.4. The van der Waals surface area contributed by atoms with E-state index in [0.717, 1.165) is 22.5 Å². The van der Waals surface area contributed by atoms with E-state index in [4.69, 9.17) is 0 Å². The van der Waals surface area contributed by atoms with Crippen molar-refractivity contribution in [3.05, 3.63) is 65.7 Å². The summed E-state index contributed by atoms with van der Waals surface area (Å²) in [5.41, 5.74) is 6.60. The average Bonchev–Trinajstić information content (AvgIpc) is 2.55. The molecule has 2 aromatic rings. The number of anilines is 1. The lowest BCUT2D eigenvalue weighted by molar-refractivity contribution is -0.119. The molecule has 0 aliphatic carbocycles. The van der Waals surface area contributed by atoms with Gasteiger partial charge in [0.05, 0.1) is 12.3 Å². The van der Waals surface area contributed by atoms with Gasteiger partial charge >= 0.3 is 0 Å². The minimum atomic E-state index is -0.165. The molecule has 2 rings (SSSR count). The monoisotopic (exact) mass is 309 g/mol. The summed E-state index contributed by atoms with van der Waals surface area (Å²) in [6, 6.07) is 17.8. The number of carbonyl (C=O) groups excluding carboxylic acids is 1. The fourth-order valence-electron chi connectivity index (χ4n) is 2.24. The molecule has 120 valence electrons. The molecule has 0 heterocycles. The van der Waals surface area contributed by atoms with Gasteiger partial charge in [-0.15, -0.1) is 0 Å². The number of hydrazone groups is 1. The number of carbonyl (C=O) groups is 1. The van der Waals surface area contributed by atoms with E-state index in [1.165, 1.54) is 0 Å². The number of nitrogens with zero attached hydrogens (tertiary/aromatic N) is 1. The van der Waals surface area contributed by atoms with E-state index in [1.54, 1.807) is 0 Å². The van der Waals surface area contributed by atoms with E-state index in [0.29, 0.717) is 0 Å². The van der Waals surface area contributed by atoms with Crippen molar-refractivity contribution in [1.82, 2.24) is 5.43 Å². The molecule has 0 aliphatic rings. The van der Waals surface area contributed by atoms with Crippen LogP contribution in [0.15, 0.2) is 59.7 Å². The summed E-state index contributed by atoms with van der Waals surface area (Å²) in [6.45, 7) is 6.31. The second-order valence-electron chi connectivity index (χ2n) is 5.72. The fourth-order valence-corrected chi connectivity index (χ4v) is 2.24. The van der Waals surface area contributed by atoms with Gasteiger partial charge in [-0.1, -0.05) is 62.4 Å². The average molecular weight is 309 g/mol. The predicted molar refractivity (Wildman–Crippen MR) is 95.6 cm³/mol. The molecule has 2 aromatic carbocycles. The molecule has 0 fully saturated rings. The first kappa shape index (κ1) is 16.7. The Morgan fingerprint density at radius 1 is 1.04 bits per heavy atom. The van der Waals surface area contributed by atoms with Crippen molar-refractivity contribution in [3.63, 3.8) is 0 Å². The van der Waals surface area contributed by atoms with E-state index in [-0.39, 0.29) is 18.4 Å². The van der Waals surface area contributed by atoms with E-state index < -0.39 is 0 Å². The Hall–Kier alpha value is -2.62. The topological polar surface area (TPSA) is 53.5 Å². The van der Waals surface area contributed by atoms with Crippen LogP contribution in [0.4, 0.5) is 5.69 Å². The Balaban J connectivity index is 1.97. The Morgan fingerprint density at radius 2 is 1.70 bits per heavy atom. The summed E-state index contributed by atoms with van der Waals surface area (Å²) in [7, 11) is 0. The van der Waals surface area contributed by atoms with Crippen LogP contribution in [0.3, 0.4) is 0 Å². The summed E-state index contributed by atoms with van der Waals surface area (Å²) < 4.78 is 0. The summed E-state index contributed by atoms with van der Waals surface area (Å²) in [6.07, 6.45) is 0. The van der Waals surface area contributed by atoms with Crippen molar-refractivity contribution in [3.8, 4) is 0 Å². The zero-order valence-electron chi connectivity index (χ0n) is 13.8. The van der Waals surface area contributed by atoms with Crippen LogP contribution in [0.25, 0.3) is 0 Å². The molecule has 4 nitrogen and oxygen atoms in total. The number of benzene rings is 2. The van der Waals surface area contributed by atoms with Crippen LogP contribution in [0.5, 0.6) is 0 Å². The standard InChI is InChI=1S/C19H23N3O/c1-14(2)19(16-10-5-4-6-11-16)22-21-18(23)13-20-17-12-8-7-9-15(17)3/h4-12,14,20H,13H2,1-3H3,(H,21,23). The highest BCUT2D eigenvalue weighted by Gasteiger charge is 2.09. The Kier molecular flexibility index (Phi) is 5.92. The van der Waals surface area contributed by atoms with Crippen LogP contribution >= 0.6 is 0 Å². The fraction of sp³-hybridized carbons (Fsp3) is 0.263. The van der Waals surface area contributed by atoms with Crippen LogP contribution in [-0.4, -0.2) is 18.2 Å². The molecule has 0 bridgehead atoms. The molecule has 0 spiro atoms. The largest absolute Gasteiger partial charge is 0.376 e. The van der Waals surface area contributed by atoms with Gasteiger partial charge in [0.25, 0.3) is 5.91 Å². The number of aryl methyl sites for hydroxylation is 1. The summed E-state index contributed by atoms with van der Waals surface area (Å²) >= 11 is 0. The smallest absolute Gasteiger partial charge is 0.259 e. The maximum Gasteiger partial charge on any atom is 0.259 e. The number of para-hydroxylation sites is 1. The Bertz CT molecular complexity index is 678. The van der Waals surface area contributed by atoms with Crippen molar-refractivity contribution < 1.29 is 4.79 Å². The third kappa shape index (κ3) is 4.95. The highest BCUT2D eigenvalue weighted by atomic mass is 16.2. The number of rotatable bonds is 6. The lowest BCUT2D eigenvalue weighted by Gasteiger charge is -2.11. The molecule has 2 N–H and O–H groups in total. The molecule has 0 atom stereocenters. The van der Waals surface area contributed by atoms with E-state index in [2.05, 4.69) is 29.7 Å². The number of hydrogen-bond donors (Lipinski definition) is 2. The molecular weight excluding hydrogens is 286 g/mol. The number of amides is 1. The summed E-state index contributed by atoms with van der Waals surface area (Å²) in [5, 5.41) is 7.43. The molecule has 1 amide bonds. The van der Waals surface area contributed by atoms with Gasteiger partial charge in [0, 0.05) is 5.69 Å². The first-order valence-corrected chi connectivity index (χ1v) is 7.79. The van der Waals surface area contributed by atoms with Crippen molar-refractivity contribution in [1.29, 1.82) is 0 Å². The molecule has 0 saturated carbocycles. The quantitative estimate of drug-likeness (QED) is 0.633. The molecule has 23 heavy (non-hydrogen) atoms. The third-order valence-electron chi connectivity index (χ3n) is 3.50. The van der Waals surface area contributed by atoms with Crippen molar-refractivity contribution in [2.24, 2.45) is 11.0 Å². The van der Waals surface area contributed by atoms with Gasteiger partial charge < -0.3 is 5.32 Å². The zero-order valence-corrected chi connectivity index (χ0v) is 13.8. The van der Waals surface area contributed by atoms with E-state index in [9.17, 15) is 4.79 Å². The molecular formula is C19H23N3O. The number of hydrogen-bond acceptors (Lipinski definition) is 3. The molecule has 0 saturated heterocycles. The van der Waals surface area contributed by atoms with Crippen molar-refractivity contribution in [2.75, 3.05) is 11.9 Å². The predicted octanol–water partition coefficient (Wildman–Crippen LogP) is 3.58. The van der Waals surface area contributed by atoms with Gasteiger partial charge in [0.1, 0.15) is 0 Å². The maximum atomic E-state index is 12.0.